The molecule has 0 bridgehead atoms. The molecule has 8 nitrogen and oxygen atoms in total. The second-order valence-corrected chi connectivity index (χ2v) is 12.6. The lowest BCUT2D eigenvalue weighted by molar-refractivity contribution is -0.523. The smallest absolute Gasteiger partial charge is 0.257 e. The van der Waals surface area contributed by atoms with Crippen LogP contribution in [0.1, 0.15) is 62.6 Å². The van der Waals surface area contributed by atoms with E-state index in [1.54, 1.807) is 11.3 Å². The molecule has 9 heteroatoms. The summed E-state index contributed by atoms with van der Waals surface area (Å²) in [5.74, 6) is 2.23. The number of rotatable bonds is 5. The predicted octanol–water partition coefficient (Wildman–Crippen LogP) is 2.67. The summed E-state index contributed by atoms with van der Waals surface area (Å²) in [6, 6.07) is 7.00. The molecule has 5 N–H and O–H groups in total. The van der Waals surface area contributed by atoms with Gasteiger partial charge in [0.25, 0.3) is 5.91 Å². The van der Waals surface area contributed by atoms with Crippen molar-refractivity contribution in [3.63, 3.8) is 0 Å². The molecule has 0 atom stereocenters. The van der Waals surface area contributed by atoms with E-state index in [2.05, 4.69) is 60.3 Å². The van der Waals surface area contributed by atoms with Crippen LogP contribution >= 0.6 is 11.3 Å². The standard InChI is InChI=1S/C27H35N7OS/c1-26(2,3)24-32-21(14-36-24)31-22-19(23(35)29-17-5-6-17)13-34(4)25(33-22)30-18-7-8-20-16(11-18)12-28-15-27(20)9-10-27/h7-8,11,14,17,28,31H,5-6,9-10,12-13,15H2,1-4H3,(H,29,35)(H,30,33)/p+1. The fourth-order valence-corrected chi connectivity index (χ4v) is 5.89. The molecule has 0 unspecified atom stereocenters. The van der Waals surface area contributed by atoms with E-state index in [0.29, 0.717) is 29.4 Å². The van der Waals surface area contributed by atoms with Gasteiger partial charge in [0.05, 0.1) is 11.9 Å². The summed E-state index contributed by atoms with van der Waals surface area (Å²) >= 11 is 1.65. The van der Waals surface area contributed by atoms with Crippen molar-refractivity contribution in [1.29, 1.82) is 0 Å². The molecule has 2 aromatic rings. The van der Waals surface area contributed by atoms with Gasteiger partial charge in [0.1, 0.15) is 10.6 Å². The van der Waals surface area contributed by atoms with Gasteiger partial charge in [-0.25, -0.2) is 5.32 Å². The third-order valence-corrected chi connectivity index (χ3v) is 8.78. The Balaban J connectivity index is 1.29. The van der Waals surface area contributed by atoms with Crippen LogP contribution in [-0.2, 0) is 22.2 Å². The number of carbonyl (C=O) groups excluding carboxylic acids is 1. The zero-order valence-corrected chi connectivity index (χ0v) is 22.4. The zero-order chi connectivity index (χ0) is 25.1. The number of anilines is 1. The first-order valence-corrected chi connectivity index (χ1v) is 13.8. The highest BCUT2D eigenvalue weighted by molar-refractivity contribution is 7.10. The van der Waals surface area contributed by atoms with Crippen molar-refractivity contribution >= 4 is 34.7 Å². The van der Waals surface area contributed by atoms with Crippen LogP contribution in [0.5, 0.6) is 0 Å². The largest absolute Gasteiger partial charge is 0.349 e. The van der Waals surface area contributed by atoms with Crippen LogP contribution in [0, 0.1) is 0 Å². The zero-order valence-electron chi connectivity index (χ0n) is 21.6. The second kappa shape index (κ2) is 8.68. The molecule has 0 saturated heterocycles. The maximum atomic E-state index is 13.1. The number of nitrogens with zero attached hydrogens (tertiary/aromatic N) is 3. The van der Waals surface area contributed by atoms with Gasteiger partial charge >= 0.3 is 0 Å². The minimum absolute atomic E-state index is 0.0135. The van der Waals surface area contributed by atoms with Crippen LogP contribution < -0.4 is 21.3 Å². The Labute approximate surface area is 216 Å². The lowest BCUT2D eigenvalue weighted by Gasteiger charge is -2.29. The predicted molar refractivity (Wildman–Crippen MR) is 143 cm³/mol. The molecule has 2 aliphatic heterocycles. The minimum Gasteiger partial charge on any atom is -0.349 e. The van der Waals surface area contributed by atoms with E-state index in [1.807, 2.05) is 17.3 Å². The summed E-state index contributed by atoms with van der Waals surface area (Å²) < 4.78 is 0. The van der Waals surface area contributed by atoms with Gasteiger partial charge < -0.3 is 20.9 Å². The van der Waals surface area contributed by atoms with Crippen LogP contribution in [0.25, 0.3) is 0 Å². The molecule has 0 radical (unpaired) electrons. The third kappa shape index (κ3) is 4.67. The number of nitrogens with one attached hydrogen (secondary N) is 3. The number of guanidine groups is 1. The lowest BCUT2D eigenvalue weighted by atomic mass is 9.88. The molecular formula is C27H36N7OS+. The number of aromatic nitrogens is 1. The number of hydrogen-bond donors (Lipinski definition) is 4. The molecule has 1 aromatic carbocycles. The molecule has 2 fully saturated rings. The van der Waals surface area contributed by atoms with Crippen LogP contribution in [0.4, 0.5) is 11.5 Å². The molecule has 3 heterocycles. The van der Waals surface area contributed by atoms with E-state index in [1.165, 1.54) is 24.0 Å². The van der Waals surface area contributed by atoms with Crippen molar-refractivity contribution in [2.75, 3.05) is 25.5 Å². The van der Waals surface area contributed by atoms with Crippen LogP contribution in [0.3, 0.4) is 0 Å². The van der Waals surface area contributed by atoms with Crippen molar-refractivity contribution < 1.29 is 10.1 Å². The van der Waals surface area contributed by atoms with E-state index in [-0.39, 0.29) is 11.3 Å². The van der Waals surface area contributed by atoms with E-state index in [9.17, 15) is 4.79 Å². The number of fused-ring (bicyclic) bond motifs is 2. The monoisotopic (exact) mass is 506 g/mol. The number of benzene rings is 1. The van der Waals surface area contributed by atoms with Crippen molar-refractivity contribution in [2.24, 2.45) is 4.99 Å². The molecule has 2 aliphatic carbocycles. The lowest BCUT2D eigenvalue weighted by Crippen LogP contribution is -2.77. The second-order valence-electron chi connectivity index (χ2n) is 11.8. The van der Waals surface area contributed by atoms with Crippen molar-refractivity contribution in [1.82, 2.24) is 20.5 Å². The topological polar surface area (TPSA) is 98.3 Å². The number of thiazole rings is 1. The van der Waals surface area contributed by atoms with E-state index in [0.717, 1.165) is 48.4 Å². The molecular weight excluding hydrogens is 470 g/mol. The quantitative estimate of drug-likeness (QED) is 0.500. The Morgan fingerprint density at radius 3 is 2.78 bits per heavy atom. The Morgan fingerprint density at radius 2 is 2.08 bits per heavy atom. The number of likely N-dealkylation sites (N-methyl/N-ethyl adjacent to an activating group) is 1. The summed E-state index contributed by atoms with van der Waals surface area (Å²) in [4.78, 5) is 24.9. The number of nitrogens with two attached hydrogens (primary N) is 1. The maximum absolute atomic E-state index is 13.1. The highest BCUT2D eigenvalue weighted by Crippen LogP contribution is 2.50. The summed E-state index contributed by atoms with van der Waals surface area (Å²) in [5.41, 5.74) is 4.92. The van der Waals surface area contributed by atoms with E-state index >= 15 is 0 Å². The average Bonchev–Trinajstić information content (AvgIpc) is 3.75. The van der Waals surface area contributed by atoms with Gasteiger partial charge in [-0.15, -0.1) is 11.3 Å². The third-order valence-electron chi connectivity index (χ3n) is 7.49. The molecule has 1 aromatic heterocycles. The van der Waals surface area contributed by atoms with Crippen molar-refractivity contribution in [3.8, 4) is 0 Å². The molecule has 1 spiro atoms. The number of hydrogen-bond acceptors (Lipinski definition) is 7. The Bertz CT molecular complexity index is 1260. The number of carbonyl (C=O) groups is 1. The number of amides is 1. The first-order valence-electron chi connectivity index (χ1n) is 13.0. The van der Waals surface area contributed by atoms with Gasteiger partial charge in [-0.2, -0.15) is 9.98 Å². The first kappa shape index (κ1) is 23.6. The number of quaternary nitrogens is 1. The minimum atomic E-state index is -0.0285. The number of aliphatic imine (C=N–C) groups is 1. The SMILES string of the molecule is CN1CC(C(=O)NC2CC2)=C([NH2+]c2csc(C(C)(C)C)n2)N=C1Nc1ccc2c(c1)CNCC21CC1. The highest BCUT2D eigenvalue weighted by Gasteiger charge is 2.46. The van der Waals surface area contributed by atoms with Crippen LogP contribution in [0.2, 0.25) is 0 Å². The molecule has 36 heavy (non-hydrogen) atoms. The molecule has 2 saturated carbocycles. The summed E-state index contributed by atoms with van der Waals surface area (Å²) in [7, 11) is 1.98. The first-order chi connectivity index (χ1) is 17.2. The van der Waals surface area contributed by atoms with Gasteiger partial charge in [0.2, 0.25) is 17.6 Å². The Hall–Kier alpha value is -2.75. The van der Waals surface area contributed by atoms with Gasteiger partial charge in [-0.05, 0) is 48.9 Å². The van der Waals surface area contributed by atoms with Crippen LogP contribution in [-0.4, -0.2) is 47.9 Å². The molecule has 1 amide bonds. The van der Waals surface area contributed by atoms with Gasteiger partial charge in [0, 0.05) is 42.7 Å². The fraction of sp³-hybridized carbons (Fsp3) is 0.519. The average molecular weight is 507 g/mol. The summed E-state index contributed by atoms with van der Waals surface area (Å²) in [5, 5.41) is 15.3. The Kier molecular flexibility index (Phi) is 5.70. The van der Waals surface area contributed by atoms with Gasteiger partial charge in [-0.3, -0.25) is 4.79 Å². The fourth-order valence-electron chi connectivity index (χ4n) is 5.02. The van der Waals surface area contributed by atoms with E-state index < -0.39 is 0 Å². The summed E-state index contributed by atoms with van der Waals surface area (Å²) in [6.45, 7) is 8.97. The molecule has 4 aliphatic rings. The molecule has 190 valence electrons. The molecule has 6 rings (SSSR count). The van der Waals surface area contributed by atoms with E-state index in [4.69, 9.17) is 9.98 Å². The highest BCUT2D eigenvalue weighted by atomic mass is 32.1. The Morgan fingerprint density at radius 1 is 1.28 bits per heavy atom. The van der Waals surface area contributed by atoms with Crippen LogP contribution in [0.15, 0.2) is 40.0 Å². The normalized spacial score (nSPS) is 20.8. The van der Waals surface area contributed by atoms with Gasteiger partial charge in [-0.1, -0.05) is 26.8 Å². The van der Waals surface area contributed by atoms with Crippen molar-refractivity contribution in [2.45, 2.75) is 69.9 Å². The summed E-state index contributed by atoms with van der Waals surface area (Å²) in [6.07, 6.45) is 4.66. The maximum Gasteiger partial charge on any atom is 0.257 e. The van der Waals surface area contributed by atoms with Crippen molar-refractivity contribution in [3.05, 3.63) is 51.1 Å². The van der Waals surface area contributed by atoms with Gasteiger partial charge in [0.15, 0.2) is 0 Å².